The Bertz CT molecular complexity index is 498. The fraction of sp³-hybridized carbons (Fsp3) is 0.250. The van der Waals surface area contributed by atoms with Crippen molar-refractivity contribution in [2.24, 2.45) is 0 Å². The van der Waals surface area contributed by atoms with Crippen molar-refractivity contribution in [1.29, 1.82) is 0 Å². The second-order valence-corrected chi connectivity index (χ2v) is 5.45. The summed E-state index contributed by atoms with van der Waals surface area (Å²) in [5.41, 5.74) is 5.41. The highest BCUT2D eigenvalue weighted by molar-refractivity contribution is 7.91. The first kappa shape index (κ1) is 13.1. The van der Waals surface area contributed by atoms with E-state index in [1.54, 1.807) is 0 Å². The van der Waals surface area contributed by atoms with Crippen LogP contribution in [0, 0.1) is 0 Å². The molecule has 2 N–H and O–H groups in total. The average Bonchev–Trinajstić information content (AvgIpc) is 2.05. The molecule has 0 atom stereocenters. The maximum absolute atomic E-state index is 12.0. The molecule has 8 heteroatoms. The summed E-state index contributed by atoms with van der Waals surface area (Å²) in [6, 6.07) is 3.03. The van der Waals surface area contributed by atoms with E-state index in [4.69, 9.17) is 17.3 Å². The van der Waals surface area contributed by atoms with Gasteiger partial charge in [-0.1, -0.05) is 11.6 Å². The van der Waals surface area contributed by atoms with Gasteiger partial charge in [0.2, 0.25) is 0 Å². The number of sulfone groups is 1. The van der Waals surface area contributed by atoms with Crippen molar-refractivity contribution in [3.05, 3.63) is 23.2 Å². The smallest absolute Gasteiger partial charge is 0.398 e. The van der Waals surface area contributed by atoms with Crippen LogP contribution in [0.1, 0.15) is 0 Å². The highest BCUT2D eigenvalue weighted by atomic mass is 35.5. The number of alkyl halides is 3. The fourth-order valence-electron chi connectivity index (χ4n) is 1.00. The van der Waals surface area contributed by atoms with Crippen LogP contribution in [0.2, 0.25) is 5.02 Å². The molecule has 0 amide bonds. The van der Waals surface area contributed by atoms with E-state index < -0.39 is 26.7 Å². The summed E-state index contributed by atoms with van der Waals surface area (Å²) in [6.07, 6.45) is -4.79. The minimum Gasteiger partial charge on any atom is -0.398 e. The van der Waals surface area contributed by atoms with Gasteiger partial charge in [-0.15, -0.1) is 0 Å². The molecule has 0 radical (unpaired) electrons. The van der Waals surface area contributed by atoms with E-state index >= 15 is 0 Å². The lowest BCUT2D eigenvalue weighted by atomic mass is 10.3. The van der Waals surface area contributed by atoms with Crippen LogP contribution in [-0.2, 0) is 9.84 Å². The van der Waals surface area contributed by atoms with Crippen LogP contribution >= 0.6 is 11.6 Å². The maximum atomic E-state index is 12.0. The van der Waals surface area contributed by atoms with E-state index in [0.29, 0.717) is 0 Å². The Balaban J connectivity index is 3.13. The molecule has 0 aliphatic carbocycles. The molecule has 0 unspecified atom stereocenters. The van der Waals surface area contributed by atoms with E-state index in [0.717, 1.165) is 18.2 Å². The summed E-state index contributed by atoms with van der Waals surface area (Å²) in [5, 5.41) is -0.0942. The molecule has 0 aliphatic heterocycles. The Labute approximate surface area is 94.9 Å². The molecule has 0 aliphatic rings. The van der Waals surface area contributed by atoms with Gasteiger partial charge < -0.3 is 5.73 Å². The van der Waals surface area contributed by atoms with Crippen LogP contribution in [0.15, 0.2) is 23.1 Å². The third-order valence-electron chi connectivity index (χ3n) is 1.68. The number of nitrogens with two attached hydrogens (primary N) is 1. The Kier molecular flexibility index (Phi) is 3.39. The van der Waals surface area contributed by atoms with Gasteiger partial charge in [-0.25, -0.2) is 8.42 Å². The third kappa shape index (κ3) is 3.28. The van der Waals surface area contributed by atoms with Crippen molar-refractivity contribution >= 4 is 27.1 Å². The van der Waals surface area contributed by atoms with Crippen molar-refractivity contribution in [3.8, 4) is 0 Å². The summed E-state index contributed by atoms with van der Waals surface area (Å²) in [7, 11) is -4.42. The van der Waals surface area contributed by atoms with Gasteiger partial charge in [-0.05, 0) is 18.2 Å². The van der Waals surface area contributed by atoms with E-state index in [1.807, 2.05) is 0 Å². The summed E-state index contributed by atoms with van der Waals surface area (Å²) in [6.45, 7) is 0. The summed E-state index contributed by atoms with van der Waals surface area (Å²) < 4.78 is 58.5. The number of halogens is 4. The number of anilines is 1. The molecule has 0 heterocycles. The zero-order valence-corrected chi connectivity index (χ0v) is 9.33. The normalized spacial score (nSPS) is 12.8. The van der Waals surface area contributed by atoms with Crippen LogP contribution in [0.4, 0.5) is 18.9 Å². The van der Waals surface area contributed by atoms with Crippen LogP contribution in [0.25, 0.3) is 0 Å². The largest absolute Gasteiger partial charge is 0.403 e. The van der Waals surface area contributed by atoms with Gasteiger partial charge in [-0.2, -0.15) is 13.2 Å². The quantitative estimate of drug-likeness (QED) is 0.841. The summed E-state index contributed by atoms with van der Waals surface area (Å²) >= 11 is 5.52. The zero-order chi connectivity index (χ0) is 12.6. The summed E-state index contributed by atoms with van der Waals surface area (Å²) in [5.74, 6) is -1.92. The van der Waals surface area contributed by atoms with Gasteiger partial charge in [0.05, 0.1) is 15.6 Å². The summed E-state index contributed by atoms with van der Waals surface area (Å²) in [4.78, 5) is -0.496. The average molecular weight is 274 g/mol. The second-order valence-electron chi connectivity index (χ2n) is 3.06. The fourth-order valence-corrected chi connectivity index (χ4v) is 2.42. The van der Waals surface area contributed by atoms with Gasteiger partial charge in [0.25, 0.3) is 0 Å². The molecule has 16 heavy (non-hydrogen) atoms. The molecule has 0 aromatic heterocycles. The van der Waals surface area contributed by atoms with Gasteiger partial charge in [-0.3, -0.25) is 0 Å². The van der Waals surface area contributed by atoms with Gasteiger partial charge in [0.1, 0.15) is 0 Å². The molecule has 0 saturated heterocycles. The number of nitrogen functional groups attached to an aromatic ring is 1. The molecule has 1 aromatic carbocycles. The van der Waals surface area contributed by atoms with Crippen LogP contribution in [-0.4, -0.2) is 20.3 Å². The Morgan fingerprint density at radius 3 is 2.31 bits per heavy atom. The lowest BCUT2D eigenvalue weighted by molar-refractivity contribution is -0.106. The molecule has 1 aromatic rings. The molecular formula is C8H7ClF3NO2S. The predicted octanol–water partition coefficient (Wildman–Crippen LogP) is 2.26. The first-order valence-electron chi connectivity index (χ1n) is 3.96. The molecule has 0 bridgehead atoms. The second kappa shape index (κ2) is 4.14. The highest BCUT2D eigenvalue weighted by Gasteiger charge is 2.36. The van der Waals surface area contributed by atoms with E-state index in [-0.39, 0.29) is 10.7 Å². The SMILES string of the molecule is Nc1ccc(S(=O)(=O)CC(F)(F)F)cc1Cl. The molecule has 90 valence electrons. The standard InChI is InChI=1S/C8H7ClF3NO2S/c9-6-3-5(1-2-7(6)13)16(14,15)4-8(10,11)12/h1-3H,4,13H2. The van der Waals surface area contributed by atoms with Crippen LogP contribution < -0.4 is 5.73 Å². The lowest BCUT2D eigenvalue weighted by Crippen LogP contribution is -2.22. The minimum absolute atomic E-state index is 0.0942. The van der Waals surface area contributed by atoms with Crippen molar-refractivity contribution in [2.75, 3.05) is 11.5 Å². The molecule has 3 nitrogen and oxygen atoms in total. The molecule has 0 fully saturated rings. The lowest BCUT2D eigenvalue weighted by Gasteiger charge is -2.08. The third-order valence-corrected chi connectivity index (χ3v) is 3.69. The van der Waals surface area contributed by atoms with Crippen LogP contribution in [0.5, 0.6) is 0 Å². The highest BCUT2D eigenvalue weighted by Crippen LogP contribution is 2.26. The van der Waals surface area contributed by atoms with E-state index in [2.05, 4.69) is 0 Å². The van der Waals surface area contributed by atoms with E-state index in [9.17, 15) is 21.6 Å². The maximum Gasteiger partial charge on any atom is 0.403 e. The Morgan fingerprint density at radius 2 is 1.88 bits per heavy atom. The first-order chi connectivity index (χ1) is 7.12. The van der Waals surface area contributed by atoms with Crippen molar-refractivity contribution in [1.82, 2.24) is 0 Å². The molecule has 0 saturated carbocycles. The number of hydrogen-bond donors (Lipinski definition) is 1. The number of rotatable bonds is 2. The number of hydrogen-bond acceptors (Lipinski definition) is 3. The topological polar surface area (TPSA) is 60.2 Å². The van der Waals surface area contributed by atoms with Crippen molar-refractivity contribution in [2.45, 2.75) is 11.1 Å². The van der Waals surface area contributed by atoms with Gasteiger partial charge >= 0.3 is 6.18 Å². The van der Waals surface area contributed by atoms with Crippen LogP contribution in [0.3, 0.4) is 0 Å². The predicted molar refractivity (Wildman–Crippen MR) is 54.0 cm³/mol. The number of benzene rings is 1. The minimum atomic E-state index is -4.79. The molecule has 1 rings (SSSR count). The molecular weight excluding hydrogens is 267 g/mol. The van der Waals surface area contributed by atoms with Gasteiger partial charge in [0, 0.05) is 0 Å². The zero-order valence-electron chi connectivity index (χ0n) is 7.75. The first-order valence-corrected chi connectivity index (χ1v) is 5.99. The van der Waals surface area contributed by atoms with E-state index in [1.165, 1.54) is 0 Å². The van der Waals surface area contributed by atoms with Crippen molar-refractivity contribution < 1.29 is 21.6 Å². The Hall–Kier alpha value is -0.950. The van der Waals surface area contributed by atoms with Crippen molar-refractivity contribution in [3.63, 3.8) is 0 Å². The van der Waals surface area contributed by atoms with Gasteiger partial charge in [0.15, 0.2) is 15.6 Å². The monoisotopic (exact) mass is 273 g/mol. The molecule has 0 spiro atoms. The Morgan fingerprint density at radius 1 is 1.31 bits per heavy atom.